The SMILES string of the molecule is ClC1CC[N]C1. The third-order valence-corrected chi connectivity index (χ3v) is 1.28. The van der Waals surface area contributed by atoms with Gasteiger partial charge in [-0.3, -0.25) is 0 Å². The van der Waals surface area contributed by atoms with Gasteiger partial charge in [-0.05, 0) is 6.42 Å². The lowest BCUT2D eigenvalue weighted by molar-refractivity contribution is 0.838. The Kier molecular flexibility index (Phi) is 1.33. The van der Waals surface area contributed by atoms with E-state index in [4.69, 9.17) is 11.6 Å². The number of nitrogens with zero attached hydrogens (tertiary/aromatic N) is 1. The molecule has 35 valence electrons. The third kappa shape index (κ3) is 0.854. The van der Waals surface area contributed by atoms with E-state index >= 15 is 0 Å². The fraction of sp³-hybridized carbons (Fsp3) is 1.00. The van der Waals surface area contributed by atoms with Gasteiger partial charge in [0.15, 0.2) is 0 Å². The molecule has 0 aliphatic carbocycles. The molecule has 0 N–H and O–H groups in total. The molecule has 1 aliphatic heterocycles. The monoisotopic (exact) mass is 104 g/mol. The highest BCUT2D eigenvalue weighted by molar-refractivity contribution is 6.20. The Morgan fingerprint density at radius 2 is 2.50 bits per heavy atom. The smallest absolute Gasteiger partial charge is 0.0490 e. The molecule has 1 radical (unpaired) electrons. The van der Waals surface area contributed by atoms with Gasteiger partial charge in [0.1, 0.15) is 0 Å². The second kappa shape index (κ2) is 1.80. The van der Waals surface area contributed by atoms with E-state index in [-0.39, 0.29) is 0 Å². The van der Waals surface area contributed by atoms with Crippen molar-refractivity contribution < 1.29 is 0 Å². The molecule has 6 heavy (non-hydrogen) atoms. The van der Waals surface area contributed by atoms with Gasteiger partial charge in [-0.25, -0.2) is 5.32 Å². The van der Waals surface area contributed by atoms with E-state index in [9.17, 15) is 0 Å². The molecule has 0 bridgehead atoms. The summed E-state index contributed by atoms with van der Waals surface area (Å²) in [5.41, 5.74) is 0. The van der Waals surface area contributed by atoms with Crippen molar-refractivity contribution in [3.63, 3.8) is 0 Å². The third-order valence-electron chi connectivity index (χ3n) is 0.928. The molecule has 0 spiro atoms. The van der Waals surface area contributed by atoms with E-state index in [0.29, 0.717) is 5.38 Å². The van der Waals surface area contributed by atoms with Gasteiger partial charge in [-0.15, -0.1) is 11.6 Å². The first-order chi connectivity index (χ1) is 2.89. The van der Waals surface area contributed by atoms with Crippen LogP contribution in [0.1, 0.15) is 6.42 Å². The molecule has 1 saturated heterocycles. The summed E-state index contributed by atoms with van der Waals surface area (Å²) in [4.78, 5) is 0. The summed E-state index contributed by atoms with van der Waals surface area (Å²) < 4.78 is 0. The van der Waals surface area contributed by atoms with E-state index in [2.05, 4.69) is 5.32 Å². The quantitative estimate of drug-likeness (QED) is 0.400. The van der Waals surface area contributed by atoms with Crippen LogP contribution >= 0.6 is 11.6 Å². The van der Waals surface area contributed by atoms with Crippen molar-refractivity contribution in [1.29, 1.82) is 0 Å². The molecule has 1 unspecified atom stereocenters. The number of hydrogen-bond donors (Lipinski definition) is 0. The lowest BCUT2D eigenvalue weighted by atomic mass is 10.4. The minimum atomic E-state index is 0.352. The Balaban J connectivity index is 2.18. The molecule has 1 atom stereocenters. The average Bonchev–Trinajstić information content (AvgIpc) is 1.86. The first-order valence-electron chi connectivity index (χ1n) is 2.17. The van der Waals surface area contributed by atoms with Crippen molar-refractivity contribution in [2.75, 3.05) is 13.1 Å². The summed E-state index contributed by atoms with van der Waals surface area (Å²) in [6, 6.07) is 0. The van der Waals surface area contributed by atoms with E-state index < -0.39 is 0 Å². The van der Waals surface area contributed by atoms with Crippen molar-refractivity contribution in [1.82, 2.24) is 5.32 Å². The van der Waals surface area contributed by atoms with Gasteiger partial charge in [-0.2, -0.15) is 0 Å². The van der Waals surface area contributed by atoms with Crippen LogP contribution in [0, 0.1) is 0 Å². The van der Waals surface area contributed by atoms with Crippen molar-refractivity contribution in [3.05, 3.63) is 0 Å². The van der Waals surface area contributed by atoms with Crippen molar-refractivity contribution in [2.24, 2.45) is 0 Å². The highest BCUT2D eigenvalue weighted by Gasteiger charge is 2.10. The Hall–Kier alpha value is 0.250. The molecule has 1 heterocycles. The van der Waals surface area contributed by atoms with Gasteiger partial charge in [-0.1, -0.05) is 0 Å². The zero-order chi connectivity index (χ0) is 4.41. The molecule has 1 fully saturated rings. The normalized spacial score (nSPS) is 34.5. The second-order valence-electron chi connectivity index (χ2n) is 1.52. The molecule has 1 aliphatic rings. The summed E-state index contributed by atoms with van der Waals surface area (Å²) in [7, 11) is 0. The molecule has 0 aromatic carbocycles. The zero-order valence-electron chi connectivity index (χ0n) is 3.52. The van der Waals surface area contributed by atoms with Gasteiger partial charge in [0.2, 0.25) is 0 Å². The average molecular weight is 105 g/mol. The van der Waals surface area contributed by atoms with Gasteiger partial charge >= 0.3 is 0 Å². The van der Waals surface area contributed by atoms with Crippen molar-refractivity contribution >= 4 is 11.6 Å². The molecule has 0 saturated carbocycles. The summed E-state index contributed by atoms with van der Waals surface area (Å²) in [6.07, 6.45) is 1.08. The molecule has 1 rings (SSSR count). The van der Waals surface area contributed by atoms with E-state index in [1.165, 1.54) is 0 Å². The first kappa shape index (κ1) is 4.41. The largest absolute Gasteiger partial charge is 0.240 e. The van der Waals surface area contributed by atoms with Gasteiger partial charge in [0, 0.05) is 18.5 Å². The van der Waals surface area contributed by atoms with Crippen molar-refractivity contribution in [2.45, 2.75) is 11.8 Å². The maximum Gasteiger partial charge on any atom is 0.0490 e. The number of hydrogen-bond acceptors (Lipinski definition) is 0. The van der Waals surface area contributed by atoms with Crippen LogP contribution in [0.4, 0.5) is 0 Å². The predicted molar refractivity (Wildman–Crippen MR) is 26.1 cm³/mol. The van der Waals surface area contributed by atoms with Crippen LogP contribution in [-0.4, -0.2) is 18.5 Å². The molecule has 0 aromatic heterocycles. The fourth-order valence-corrected chi connectivity index (χ4v) is 0.749. The Labute approximate surface area is 42.7 Å². The van der Waals surface area contributed by atoms with E-state index in [1.54, 1.807) is 0 Å². The Morgan fingerprint density at radius 1 is 1.67 bits per heavy atom. The van der Waals surface area contributed by atoms with E-state index in [1.807, 2.05) is 0 Å². The van der Waals surface area contributed by atoms with Gasteiger partial charge in [0.25, 0.3) is 0 Å². The minimum absolute atomic E-state index is 0.352. The molecule has 0 amide bonds. The maximum absolute atomic E-state index is 5.62. The lowest BCUT2D eigenvalue weighted by Crippen LogP contribution is -1.99. The highest BCUT2D eigenvalue weighted by Crippen LogP contribution is 2.05. The second-order valence-corrected chi connectivity index (χ2v) is 2.13. The van der Waals surface area contributed by atoms with Crippen LogP contribution in [-0.2, 0) is 0 Å². The van der Waals surface area contributed by atoms with Crippen molar-refractivity contribution in [3.8, 4) is 0 Å². The van der Waals surface area contributed by atoms with Crippen LogP contribution < -0.4 is 5.32 Å². The van der Waals surface area contributed by atoms with Crippen LogP contribution in [0.2, 0.25) is 0 Å². The van der Waals surface area contributed by atoms with Crippen LogP contribution in [0.25, 0.3) is 0 Å². The Bertz CT molecular complexity index is 40.8. The molecular weight excluding hydrogens is 97.5 g/mol. The lowest BCUT2D eigenvalue weighted by Gasteiger charge is -1.86. The topological polar surface area (TPSA) is 14.1 Å². The summed E-state index contributed by atoms with van der Waals surface area (Å²) in [5, 5.41) is 4.38. The fourth-order valence-electron chi connectivity index (χ4n) is 0.554. The highest BCUT2D eigenvalue weighted by atomic mass is 35.5. The van der Waals surface area contributed by atoms with Gasteiger partial charge < -0.3 is 0 Å². The van der Waals surface area contributed by atoms with Gasteiger partial charge in [0.05, 0.1) is 0 Å². The summed E-state index contributed by atoms with van der Waals surface area (Å²) in [5.74, 6) is 0. The number of rotatable bonds is 0. The number of halogens is 1. The van der Waals surface area contributed by atoms with E-state index in [0.717, 1.165) is 19.5 Å². The number of alkyl halides is 1. The summed E-state index contributed by atoms with van der Waals surface area (Å²) >= 11 is 5.62. The Morgan fingerprint density at radius 3 is 2.67 bits per heavy atom. The standard InChI is InChI=1S/C4H7ClN/c5-4-1-2-6-3-4/h4H,1-3H2. The maximum atomic E-state index is 5.62. The van der Waals surface area contributed by atoms with Crippen LogP contribution in [0.15, 0.2) is 0 Å². The zero-order valence-corrected chi connectivity index (χ0v) is 4.28. The van der Waals surface area contributed by atoms with Crippen LogP contribution in [0.3, 0.4) is 0 Å². The van der Waals surface area contributed by atoms with Crippen LogP contribution in [0.5, 0.6) is 0 Å². The first-order valence-corrected chi connectivity index (χ1v) is 2.60. The molecule has 1 nitrogen and oxygen atoms in total. The molecule has 2 heteroatoms. The predicted octanol–water partition coefficient (Wildman–Crippen LogP) is 0.602. The minimum Gasteiger partial charge on any atom is -0.240 e. The summed E-state index contributed by atoms with van der Waals surface area (Å²) in [6.45, 7) is 1.86. The molecule has 0 aromatic rings. The molecular formula is C4H7ClN.